The van der Waals surface area contributed by atoms with E-state index in [9.17, 15) is 63.8 Å². The normalized spacial score (nSPS) is 17.1. The molecule has 6 aromatic rings. The van der Waals surface area contributed by atoms with Gasteiger partial charge in [0.1, 0.15) is 27.5 Å². The monoisotopic (exact) mass is 1320 g/mol. The number of imidazole rings is 1. The molecule has 16 nitrogen and oxygen atoms in total. The molecule has 0 unspecified atom stereocenters. The molecule has 0 aliphatic carbocycles. The number of hydrogen-bond donors (Lipinski definition) is 2. The minimum absolute atomic E-state index is 0.00630. The number of aryl methyl sites for hydroxylation is 3. The molecule has 2 aromatic heterocycles. The SMILES string of the molecule is CCCN(CCC)C(=O)c1cc(C)cc(C(=O)C[C@@H](Cc2cc(F)cc(F)c2)[C@H](O)[C@@H]2CCCN(S(=O)(=O)c3cccs3)C2)c1.CCCN(CCC)C(=O)c1cc(C)cc(C(=O)C[C@@H](Cc2cc(F)cc(F)c2)[C@H](O)[C@@H]2CCCN(S(=O)(=O)c3nccn3C)C2)c1. The predicted molar refractivity (Wildman–Crippen MR) is 343 cm³/mol. The number of aromatic nitrogens is 2. The average molecular weight is 1320 g/mol. The molecule has 2 aliphatic rings. The Hall–Kier alpha value is -6.47. The molecule has 8 rings (SSSR count). The minimum atomic E-state index is -3.94. The number of nitrogens with zero attached hydrogens (tertiary/aromatic N) is 6. The topological polar surface area (TPSA) is 208 Å². The maximum Gasteiger partial charge on any atom is 0.277 e. The van der Waals surface area contributed by atoms with Crippen LogP contribution in [0.4, 0.5) is 17.6 Å². The average Bonchev–Trinajstić information content (AvgIpc) is 2.06. The van der Waals surface area contributed by atoms with Crippen LogP contribution in [0.15, 0.2) is 112 Å². The summed E-state index contributed by atoms with van der Waals surface area (Å²) < 4.78 is 114. The van der Waals surface area contributed by atoms with Gasteiger partial charge in [0, 0.05) is 119 Å². The molecular formula is C68H86F4N6O10S3. The lowest BCUT2D eigenvalue weighted by Crippen LogP contribution is -2.46. The zero-order chi connectivity index (χ0) is 66.3. The Morgan fingerprint density at radius 2 is 0.989 bits per heavy atom. The van der Waals surface area contributed by atoms with Gasteiger partial charge in [0.2, 0.25) is 5.16 Å². The Kier molecular flexibility index (Phi) is 26.0. The van der Waals surface area contributed by atoms with Crippen LogP contribution >= 0.6 is 11.3 Å². The number of aliphatic hydroxyl groups is 2. The van der Waals surface area contributed by atoms with Gasteiger partial charge in [-0.05, 0) is 196 Å². The number of thiophene rings is 1. The lowest BCUT2D eigenvalue weighted by atomic mass is 9.79. The van der Waals surface area contributed by atoms with Crippen molar-refractivity contribution in [3.05, 3.63) is 170 Å². The second-order valence-electron chi connectivity index (χ2n) is 24.3. The summed E-state index contributed by atoms with van der Waals surface area (Å²) in [4.78, 5) is 61.9. The van der Waals surface area contributed by atoms with E-state index in [0.29, 0.717) is 80.7 Å². The van der Waals surface area contributed by atoms with Crippen LogP contribution in [-0.2, 0) is 39.9 Å². The first-order valence-corrected chi connectivity index (χ1v) is 35.2. The van der Waals surface area contributed by atoms with Gasteiger partial charge in [0.25, 0.3) is 31.9 Å². The number of hydrogen-bond acceptors (Lipinski definition) is 12. The standard InChI is InChI=1S/C34H44F2N4O5S.C34H42F2N2O5S2/c1-5-10-39(11-6-2)33(43)28-15-23(3)14-26(19-28)31(41)20-27(16-24-17-29(35)21-30(36)18-24)32(42)25-8-7-12-40(22-25)46(44,45)34-37-9-13-38(34)4;1-4-10-37(11-5-2)34(41)28-15-23(3)14-26(19-28)31(39)20-27(16-24-17-29(35)21-30(36)18-24)33(40)25-8-6-12-38(22-25)45(42,43)32-9-7-13-44-32/h9,13-15,17-19,21,25,27,32,42H,5-8,10-12,16,20,22H2,1-4H3;7,9,13-15,17-19,21,25,27,33,40H,4-6,8,10-12,16,20,22H2,1-3H3/t25-,27-,32-;25-,27-,33-/m11/s1. The summed E-state index contributed by atoms with van der Waals surface area (Å²) in [7, 11) is -6.09. The van der Waals surface area contributed by atoms with Gasteiger partial charge < -0.3 is 24.6 Å². The number of aliphatic hydroxyl groups excluding tert-OH is 2. The van der Waals surface area contributed by atoms with Crippen molar-refractivity contribution in [2.75, 3.05) is 52.4 Å². The van der Waals surface area contributed by atoms with Crippen LogP contribution in [0, 0.1) is 60.8 Å². The van der Waals surface area contributed by atoms with Gasteiger partial charge in [-0.2, -0.15) is 8.61 Å². The molecular weight excluding hydrogens is 1230 g/mol. The first kappa shape index (κ1) is 72.0. The van der Waals surface area contributed by atoms with Gasteiger partial charge in [-0.1, -0.05) is 33.8 Å². The van der Waals surface area contributed by atoms with Crippen LogP contribution in [0.5, 0.6) is 0 Å². The smallest absolute Gasteiger partial charge is 0.277 e. The molecule has 4 aromatic carbocycles. The van der Waals surface area contributed by atoms with Gasteiger partial charge in [0.15, 0.2) is 11.6 Å². The van der Waals surface area contributed by atoms with Crippen molar-refractivity contribution in [2.24, 2.45) is 30.7 Å². The first-order valence-electron chi connectivity index (χ1n) is 31.4. The van der Waals surface area contributed by atoms with E-state index < -0.39 is 79.2 Å². The minimum Gasteiger partial charge on any atom is -0.392 e. The zero-order valence-electron chi connectivity index (χ0n) is 53.0. The van der Waals surface area contributed by atoms with Crippen molar-refractivity contribution in [1.29, 1.82) is 0 Å². The lowest BCUT2D eigenvalue weighted by Gasteiger charge is -2.37. The fourth-order valence-corrected chi connectivity index (χ4v) is 16.9. The number of piperidine rings is 2. The van der Waals surface area contributed by atoms with Crippen LogP contribution in [0.25, 0.3) is 0 Å². The Morgan fingerprint density at radius 3 is 1.35 bits per heavy atom. The van der Waals surface area contributed by atoms with Gasteiger partial charge in [-0.15, -0.1) is 11.3 Å². The third-order valence-electron chi connectivity index (χ3n) is 16.8. The van der Waals surface area contributed by atoms with Crippen LogP contribution < -0.4 is 0 Å². The highest BCUT2D eigenvalue weighted by molar-refractivity contribution is 7.91. The van der Waals surface area contributed by atoms with Crippen molar-refractivity contribution in [2.45, 2.75) is 140 Å². The summed E-state index contributed by atoms with van der Waals surface area (Å²) in [5.74, 6) is -6.61. The quantitative estimate of drug-likeness (QED) is 0.0349. The largest absolute Gasteiger partial charge is 0.392 e. The molecule has 2 amide bonds. The summed E-state index contributed by atoms with van der Waals surface area (Å²) in [6, 6.07) is 19.5. The number of ketones is 2. The highest BCUT2D eigenvalue weighted by Gasteiger charge is 2.40. The van der Waals surface area contributed by atoms with E-state index in [2.05, 4.69) is 4.98 Å². The van der Waals surface area contributed by atoms with Crippen molar-refractivity contribution in [3.63, 3.8) is 0 Å². The van der Waals surface area contributed by atoms with Gasteiger partial charge in [-0.25, -0.2) is 39.4 Å². The fourth-order valence-electron chi connectivity index (χ4n) is 12.6. The molecule has 0 bridgehead atoms. The second-order valence-corrected chi connectivity index (χ2v) is 29.2. The zero-order valence-corrected chi connectivity index (χ0v) is 55.5. The number of carbonyl (C=O) groups excluding carboxylic acids is 4. The number of benzene rings is 4. The number of Topliss-reactive ketones (excluding diaryl/α,β-unsaturated/α-hetero) is 2. The maximum atomic E-state index is 14.2. The van der Waals surface area contributed by atoms with E-state index in [0.717, 1.165) is 60.3 Å². The molecule has 91 heavy (non-hydrogen) atoms. The maximum absolute atomic E-state index is 14.2. The number of carbonyl (C=O) groups is 4. The Morgan fingerprint density at radius 1 is 0.593 bits per heavy atom. The Balaban J connectivity index is 0.000000259. The Bertz CT molecular complexity index is 3650. The van der Waals surface area contributed by atoms with E-state index >= 15 is 0 Å². The third-order valence-corrected chi connectivity index (χ3v) is 21.9. The fraction of sp³-hybridized carbons (Fsp3) is 0.485. The second kappa shape index (κ2) is 32.9. The molecule has 4 heterocycles. The molecule has 2 saturated heterocycles. The summed E-state index contributed by atoms with van der Waals surface area (Å²) in [6.45, 7) is 14.6. The van der Waals surface area contributed by atoms with Gasteiger partial charge in [-0.3, -0.25) is 19.2 Å². The van der Waals surface area contributed by atoms with Gasteiger partial charge in [0.05, 0.1) is 12.2 Å². The van der Waals surface area contributed by atoms with Crippen molar-refractivity contribution >= 4 is 54.8 Å². The molecule has 6 atom stereocenters. The molecule has 2 N–H and O–H groups in total. The molecule has 2 fully saturated rings. The van der Waals surface area contributed by atoms with Crippen molar-refractivity contribution in [3.8, 4) is 0 Å². The third kappa shape index (κ3) is 19.1. The summed E-state index contributed by atoms with van der Waals surface area (Å²) in [5.41, 5.74) is 3.47. The van der Waals surface area contributed by atoms with E-state index in [1.807, 2.05) is 34.6 Å². The Labute approximate surface area is 537 Å². The number of sulfonamides is 2. The van der Waals surface area contributed by atoms with E-state index in [-0.39, 0.29) is 89.2 Å². The number of rotatable bonds is 28. The van der Waals surface area contributed by atoms with E-state index in [1.165, 1.54) is 43.6 Å². The highest BCUT2D eigenvalue weighted by Crippen LogP contribution is 2.35. The predicted octanol–water partition coefficient (Wildman–Crippen LogP) is 11.7. The van der Waals surface area contributed by atoms with E-state index in [1.54, 1.807) is 83.9 Å². The summed E-state index contributed by atoms with van der Waals surface area (Å²) in [6.07, 6.45) is 5.56. The van der Waals surface area contributed by atoms with Crippen molar-refractivity contribution < 1.29 is 63.8 Å². The summed E-state index contributed by atoms with van der Waals surface area (Å²) in [5, 5.41) is 25.0. The molecule has 0 spiro atoms. The molecule has 2 aliphatic heterocycles. The lowest BCUT2D eigenvalue weighted by molar-refractivity contribution is 0.0230. The summed E-state index contributed by atoms with van der Waals surface area (Å²) >= 11 is 1.13. The molecule has 0 saturated carbocycles. The van der Waals surface area contributed by atoms with Gasteiger partial charge >= 0.3 is 0 Å². The van der Waals surface area contributed by atoms with Crippen molar-refractivity contribution in [1.82, 2.24) is 28.0 Å². The molecule has 0 radical (unpaired) electrons. The van der Waals surface area contributed by atoms with Crippen LogP contribution in [-0.4, -0.2) is 143 Å². The van der Waals surface area contributed by atoms with Crippen LogP contribution in [0.1, 0.15) is 156 Å². The highest BCUT2D eigenvalue weighted by atomic mass is 32.2. The van der Waals surface area contributed by atoms with Crippen LogP contribution in [0.3, 0.4) is 0 Å². The molecule has 23 heteroatoms. The molecule has 494 valence electrons. The van der Waals surface area contributed by atoms with Crippen LogP contribution in [0.2, 0.25) is 0 Å². The number of amides is 2. The first-order chi connectivity index (χ1) is 43.3. The van der Waals surface area contributed by atoms with E-state index in [4.69, 9.17) is 0 Å². The number of halogens is 4.